The van der Waals surface area contributed by atoms with Crippen molar-refractivity contribution in [2.75, 3.05) is 34.0 Å². The number of rotatable bonds is 5. The van der Waals surface area contributed by atoms with Crippen molar-refractivity contribution in [3.05, 3.63) is 11.8 Å². The van der Waals surface area contributed by atoms with E-state index in [0.29, 0.717) is 6.10 Å². The van der Waals surface area contributed by atoms with Crippen LogP contribution in [0.25, 0.3) is 0 Å². The molecule has 0 unspecified atom stereocenters. The van der Waals surface area contributed by atoms with Crippen molar-refractivity contribution in [1.82, 2.24) is 0 Å². The van der Waals surface area contributed by atoms with Gasteiger partial charge in [-0.3, -0.25) is 0 Å². The molecule has 0 aromatic carbocycles. The molecule has 0 saturated heterocycles. The molecule has 1 aliphatic heterocycles. The summed E-state index contributed by atoms with van der Waals surface area (Å²) in [6, 6.07) is 0. The molecular formula is C21H40N2O6S. The quantitative estimate of drug-likeness (QED) is 0.512. The van der Waals surface area contributed by atoms with Crippen LogP contribution in [0.4, 0.5) is 0 Å². The third-order valence-electron chi connectivity index (χ3n) is 5.18. The monoisotopic (exact) mass is 448 g/mol. The summed E-state index contributed by atoms with van der Waals surface area (Å²) in [7, 11) is 0.287. The smallest absolute Gasteiger partial charge is 0.427 e. The molecule has 8 nitrogen and oxygen atoms in total. The van der Waals surface area contributed by atoms with Gasteiger partial charge in [0.25, 0.3) is 0 Å². The van der Waals surface area contributed by atoms with Crippen LogP contribution in [0, 0.1) is 0 Å². The van der Waals surface area contributed by atoms with Crippen LogP contribution in [0.15, 0.2) is 16.2 Å². The van der Waals surface area contributed by atoms with Crippen molar-refractivity contribution in [2.45, 2.75) is 83.7 Å². The van der Waals surface area contributed by atoms with E-state index in [-0.39, 0.29) is 12.4 Å². The Morgan fingerprint density at radius 1 is 1.10 bits per heavy atom. The van der Waals surface area contributed by atoms with Gasteiger partial charge in [0.15, 0.2) is 6.73 Å². The van der Waals surface area contributed by atoms with E-state index < -0.39 is 16.2 Å². The van der Waals surface area contributed by atoms with E-state index in [4.69, 9.17) is 9.84 Å². The van der Waals surface area contributed by atoms with Crippen LogP contribution in [0.2, 0.25) is 0 Å². The zero-order valence-electron chi connectivity index (χ0n) is 18.8. The largest absolute Gasteiger partial charge is 0.858 e. The molecule has 30 heavy (non-hydrogen) atoms. The number of allylic oxidation sites excluding steroid dienone is 1. The van der Waals surface area contributed by atoms with Gasteiger partial charge in [-0.05, 0) is 25.8 Å². The molecule has 0 aromatic rings. The normalized spacial score (nSPS) is 21.6. The fourth-order valence-electron chi connectivity index (χ4n) is 3.45. The zero-order valence-corrected chi connectivity index (χ0v) is 19.7. The van der Waals surface area contributed by atoms with E-state index in [1.165, 1.54) is 77.6 Å². The summed E-state index contributed by atoms with van der Waals surface area (Å²) in [6.45, 7) is 3.10. The lowest BCUT2D eigenvalue weighted by Crippen LogP contribution is -2.44. The average Bonchev–Trinajstić information content (AvgIpc) is 2.59. The van der Waals surface area contributed by atoms with Crippen LogP contribution in [0.3, 0.4) is 0 Å². The Bertz CT molecular complexity index is 634. The highest BCUT2D eigenvalue weighted by molar-refractivity contribution is 7.85. The first-order valence-electron chi connectivity index (χ1n) is 11.1. The van der Waals surface area contributed by atoms with E-state index in [1.807, 2.05) is 0 Å². The zero-order chi connectivity index (χ0) is 22.5. The van der Waals surface area contributed by atoms with Crippen molar-refractivity contribution >= 4 is 16.2 Å². The van der Waals surface area contributed by atoms with Gasteiger partial charge in [-0.2, -0.15) is 8.42 Å². The average molecular weight is 449 g/mol. The van der Waals surface area contributed by atoms with Gasteiger partial charge in [0, 0.05) is 5.90 Å². The van der Waals surface area contributed by atoms with E-state index >= 15 is 0 Å². The van der Waals surface area contributed by atoms with Gasteiger partial charge in [-0.25, -0.2) is 0 Å². The molecule has 1 aliphatic carbocycles. The van der Waals surface area contributed by atoms with Crippen LogP contribution in [-0.4, -0.2) is 64.0 Å². The summed E-state index contributed by atoms with van der Waals surface area (Å²) in [4.78, 5) is 0. The van der Waals surface area contributed by atoms with Gasteiger partial charge < -0.3 is 23.6 Å². The first-order chi connectivity index (χ1) is 14.1. The Hall–Kier alpha value is -1.16. The highest BCUT2D eigenvalue weighted by Crippen LogP contribution is 2.19. The molecule has 0 radical (unpaired) electrons. The van der Waals surface area contributed by atoms with Gasteiger partial charge in [0.1, 0.15) is 12.3 Å². The minimum Gasteiger partial charge on any atom is -0.858 e. The van der Waals surface area contributed by atoms with Crippen LogP contribution in [0.1, 0.15) is 77.6 Å². The van der Waals surface area contributed by atoms with Crippen LogP contribution in [0.5, 0.6) is 0 Å². The number of nitrogens with zero attached hydrogens (tertiary/aromatic N) is 2. The predicted octanol–water partition coefficient (Wildman–Crippen LogP) is 2.63. The summed E-state index contributed by atoms with van der Waals surface area (Å²) < 4.78 is 34.7. The molecule has 0 spiro atoms. The third-order valence-corrected chi connectivity index (χ3v) is 6.06. The second-order valence-corrected chi connectivity index (χ2v) is 9.96. The van der Waals surface area contributed by atoms with Gasteiger partial charge in [-0.15, -0.1) is 4.40 Å². The van der Waals surface area contributed by atoms with E-state index in [9.17, 15) is 13.5 Å². The molecule has 1 fully saturated rings. The summed E-state index contributed by atoms with van der Waals surface area (Å²) >= 11 is 0. The van der Waals surface area contributed by atoms with Crippen LogP contribution < -0.4 is 5.11 Å². The minimum atomic E-state index is -3.97. The molecule has 1 saturated carbocycles. The Kier molecular flexibility index (Phi) is 12.5. The number of aliphatic hydroxyl groups is 1. The van der Waals surface area contributed by atoms with Crippen molar-refractivity contribution < 1.29 is 32.0 Å². The Morgan fingerprint density at radius 3 is 2.03 bits per heavy atom. The number of hydrogen-bond acceptors (Lipinski definition) is 6. The fourth-order valence-corrected chi connectivity index (χ4v) is 4.14. The molecule has 2 aliphatic rings. The van der Waals surface area contributed by atoms with E-state index in [1.54, 1.807) is 0 Å². The summed E-state index contributed by atoms with van der Waals surface area (Å²) in [6.07, 6.45) is 16.3. The van der Waals surface area contributed by atoms with Gasteiger partial charge in [-0.1, -0.05) is 57.8 Å². The SMILES string of the molecule is CC1=CC([O-])=NS(=O)(=O)O1.C[N+](C)(CCO)COC1CCCCCCCCCCC1. The maximum Gasteiger partial charge on any atom is 0.427 e. The molecule has 2 rings (SSSR count). The van der Waals surface area contributed by atoms with Gasteiger partial charge in [0.2, 0.25) is 0 Å². The number of likely N-dealkylation sites (N-methyl/N-ethyl adjacent to an activating group) is 1. The molecule has 1 heterocycles. The standard InChI is InChI=1S/C17H36NO2.C4H5NO4S/c1-18(2,14-15-19)16-20-17-12-10-8-6-4-3-5-7-9-11-13-17;1-3-2-4(6)5-10(7,8)9-3/h17,19H,3-16H2,1-2H3;2H,1H3,(H,5,6)/q+1;/p-1. The van der Waals surface area contributed by atoms with Gasteiger partial charge in [0.05, 0.1) is 26.8 Å². The van der Waals surface area contributed by atoms with Crippen molar-refractivity contribution in [3.8, 4) is 0 Å². The lowest BCUT2D eigenvalue weighted by atomic mass is 9.99. The second kappa shape index (κ2) is 14.0. The number of ether oxygens (including phenoxy) is 1. The number of quaternary nitrogens is 1. The number of aliphatic hydroxyl groups excluding tert-OH is 1. The summed E-state index contributed by atoms with van der Waals surface area (Å²) in [5, 5.41) is 19.5. The Balaban J connectivity index is 0.000000375. The third kappa shape index (κ3) is 13.2. The summed E-state index contributed by atoms with van der Waals surface area (Å²) in [5.41, 5.74) is 0. The van der Waals surface area contributed by atoms with E-state index in [2.05, 4.69) is 22.7 Å². The summed E-state index contributed by atoms with van der Waals surface area (Å²) in [5.74, 6) is -0.760. The highest BCUT2D eigenvalue weighted by Gasteiger charge is 2.18. The fraction of sp³-hybridized carbons (Fsp3) is 0.857. The van der Waals surface area contributed by atoms with Crippen molar-refractivity contribution in [3.63, 3.8) is 0 Å². The predicted molar refractivity (Wildman–Crippen MR) is 116 cm³/mol. The van der Waals surface area contributed by atoms with Crippen LogP contribution in [-0.2, 0) is 19.2 Å². The van der Waals surface area contributed by atoms with Crippen LogP contribution >= 0.6 is 0 Å². The van der Waals surface area contributed by atoms with E-state index in [0.717, 1.165) is 23.8 Å². The number of hydrogen-bond donors (Lipinski definition) is 1. The lowest BCUT2D eigenvalue weighted by molar-refractivity contribution is -0.910. The first kappa shape index (κ1) is 26.9. The Morgan fingerprint density at radius 2 is 1.60 bits per heavy atom. The second-order valence-electron chi connectivity index (χ2n) is 8.76. The molecule has 9 heteroatoms. The minimum absolute atomic E-state index is 0.0417. The molecule has 0 bridgehead atoms. The molecular weight excluding hydrogens is 408 g/mol. The highest BCUT2D eigenvalue weighted by atomic mass is 32.2. The molecule has 176 valence electrons. The van der Waals surface area contributed by atoms with Crippen molar-refractivity contribution in [1.29, 1.82) is 0 Å². The first-order valence-corrected chi connectivity index (χ1v) is 12.4. The maximum absolute atomic E-state index is 10.4. The van der Waals surface area contributed by atoms with Crippen molar-refractivity contribution in [2.24, 2.45) is 4.40 Å². The molecule has 0 amide bonds. The Labute approximate surface area is 182 Å². The topological polar surface area (TPSA) is 108 Å². The molecule has 1 N–H and O–H groups in total. The molecule has 0 aromatic heterocycles. The maximum atomic E-state index is 10.4. The lowest BCUT2D eigenvalue weighted by Gasteiger charge is -2.30. The van der Waals surface area contributed by atoms with Gasteiger partial charge >= 0.3 is 10.3 Å². The molecule has 0 atom stereocenters.